The highest BCUT2D eigenvalue weighted by Crippen LogP contribution is 2.13. The number of carbonyl (C=O) groups is 1. The third-order valence-electron chi connectivity index (χ3n) is 3.64. The summed E-state index contributed by atoms with van der Waals surface area (Å²) >= 11 is 0. The van der Waals surface area contributed by atoms with E-state index in [9.17, 15) is 4.79 Å². The highest BCUT2D eigenvalue weighted by Gasteiger charge is 2.19. The predicted molar refractivity (Wildman–Crippen MR) is 95.9 cm³/mol. The molecule has 0 aliphatic carbocycles. The van der Waals surface area contributed by atoms with Gasteiger partial charge in [0.15, 0.2) is 0 Å². The summed E-state index contributed by atoms with van der Waals surface area (Å²) in [6.45, 7) is 3.67. The Kier molecular flexibility index (Phi) is 8.46. The largest absolute Gasteiger partial charge is 0.377 e. The van der Waals surface area contributed by atoms with E-state index in [1.54, 1.807) is 17.9 Å². The minimum absolute atomic E-state index is 0. The molecule has 0 bridgehead atoms. The van der Waals surface area contributed by atoms with Gasteiger partial charge < -0.3 is 15.4 Å². The van der Waals surface area contributed by atoms with Crippen molar-refractivity contribution >= 4 is 18.3 Å². The SMILES string of the molecule is CCOCc1ccccc1CNC(=O)C(NC)c1cnn(C)c1.Cl. The third kappa shape index (κ3) is 5.33. The number of halogens is 1. The quantitative estimate of drug-likeness (QED) is 0.762. The van der Waals surface area contributed by atoms with Crippen molar-refractivity contribution in [2.24, 2.45) is 7.05 Å². The molecule has 2 N–H and O–H groups in total. The van der Waals surface area contributed by atoms with Crippen LogP contribution in [0, 0.1) is 0 Å². The molecule has 132 valence electrons. The van der Waals surface area contributed by atoms with Crippen LogP contribution in [0.1, 0.15) is 29.7 Å². The number of likely N-dealkylation sites (N-methyl/N-ethyl adjacent to an activating group) is 1. The van der Waals surface area contributed by atoms with Gasteiger partial charge in [0.1, 0.15) is 6.04 Å². The lowest BCUT2D eigenvalue weighted by atomic mass is 10.1. The molecule has 2 rings (SSSR count). The van der Waals surface area contributed by atoms with Gasteiger partial charge in [0, 0.05) is 32.0 Å². The first-order valence-electron chi connectivity index (χ1n) is 7.73. The zero-order valence-corrected chi connectivity index (χ0v) is 15.1. The maximum absolute atomic E-state index is 12.4. The number of rotatable bonds is 8. The summed E-state index contributed by atoms with van der Waals surface area (Å²) in [5, 5.41) is 10.1. The van der Waals surface area contributed by atoms with Gasteiger partial charge in [-0.15, -0.1) is 12.4 Å². The Morgan fingerprint density at radius 3 is 2.62 bits per heavy atom. The Hall–Kier alpha value is -1.89. The van der Waals surface area contributed by atoms with Crippen LogP contribution < -0.4 is 10.6 Å². The van der Waals surface area contributed by atoms with E-state index < -0.39 is 6.04 Å². The standard InChI is InChI=1S/C17H24N4O2.ClH/c1-4-23-12-14-8-6-5-7-13(14)9-19-17(22)16(18-2)15-10-20-21(3)11-15;/h5-8,10-11,16,18H,4,9,12H2,1-3H3,(H,19,22);1H. The first-order valence-corrected chi connectivity index (χ1v) is 7.73. The minimum atomic E-state index is -0.414. The van der Waals surface area contributed by atoms with Crippen LogP contribution in [-0.4, -0.2) is 29.3 Å². The minimum Gasteiger partial charge on any atom is -0.377 e. The molecule has 0 saturated heterocycles. The molecule has 6 nitrogen and oxygen atoms in total. The van der Waals surface area contributed by atoms with Crippen LogP contribution in [0.5, 0.6) is 0 Å². The molecule has 24 heavy (non-hydrogen) atoms. The van der Waals surface area contributed by atoms with Gasteiger partial charge >= 0.3 is 0 Å². The molecule has 0 aliphatic heterocycles. The predicted octanol–water partition coefficient (Wildman–Crippen LogP) is 1.96. The average Bonchev–Trinajstić information content (AvgIpc) is 2.98. The average molecular weight is 353 g/mol. The van der Waals surface area contributed by atoms with Gasteiger partial charge in [0.25, 0.3) is 0 Å². The molecule has 1 amide bonds. The lowest BCUT2D eigenvalue weighted by molar-refractivity contribution is -0.123. The number of aromatic nitrogens is 2. The van der Waals surface area contributed by atoms with Crippen molar-refractivity contribution in [2.45, 2.75) is 26.1 Å². The summed E-state index contributed by atoms with van der Waals surface area (Å²) in [6, 6.07) is 7.56. The molecule has 0 aliphatic rings. The molecule has 1 heterocycles. The van der Waals surface area contributed by atoms with Crippen LogP contribution in [0.25, 0.3) is 0 Å². The molecule has 1 aromatic carbocycles. The zero-order chi connectivity index (χ0) is 16.7. The monoisotopic (exact) mass is 352 g/mol. The van der Waals surface area contributed by atoms with Gasteiger partial charge in [-0.2, -0.15) is 5.10 Å². The molecule has 2 aromatic rings. The smallest absolute Gasteiger partial charge is 0.242 e. The molecule has 1 atom stereocenters. The maximum atomic E-state index is 12.4. The summed E-state index contributed by atoms with van der Waals surface area (Å²) in [5.74, 6) is -0.0771. The molecule has 0 saturated carbocycles. The lowest BCUT2D eigenvalue weighted by Gasteiger charge is -2.16. The molecule has 0 spiro atoms. The molecular weight excluding hydrogens is 328 g/mol. The van der Waals surface area contributed by atoms with Crippen LogP contribution in [-0.2, 0) is 29.7 Å². The van der Waals surface area contributed by atoms with E-state index in [0.717, 1.165) is 16.7 Å². The van der Waals surface area contributed by atoms with Gasteiger partial charge in [0.2, 0.25) is 5.91 Å². The van der Waals surface area contributed by atoms with Crippen LogP contribution in [0.3, 0.4) is 0 Å². The Morgan fingerprint density at radius 1 is 1.33 bits per heavy atom. The van der Waals surface area contributed by atoms with Gasteiger partial charge in [-0.3, -0.25) is 9.48 Å². The van der Waals surface area contributed by atoms with Crippen molar-refractivity contribution in [1.29, 1.82) is 0 Å². The molecule has 1 unspecified atom stereocenters. The Morgan fingerprint density at radius 2 is 2.04 bits per heavy atom. The third-order valence-corrected chi connectivity index (χ3v) is 3.64. The van der Waals surface area contributed by atoms with Crippen LogP contribution in [0.15, 0.2) is 36.7 Å². The number of carbonyl (C=O) groups excluding carboxylic acids is 1. The first kappa shape index (κ1) is 20.2. The summed E-state index contributed by atoms with van der Waals surface area (Å²) < 4.78 is 7.16. The van der Waals surface area contributed by atoms with Crippen molar-refractivity contribution in [2.75, 3.05) is 13.7 Å². The summed E-state index contributed by atoms with van der Waals surface area (Å²) in [7, 11) is 3.60. The van der Waals surface area contributed by atoms with E-state index in [-0.39, 0.29) is 18.3 Å². The second-order valence-electron chi connectivity index (χ2n) is 5.29. The van der Waals surface area contributed by atoms with Crippen LogP contribution in [0.4, 0.5) is 0 Å². The van der Waals surface area contributed by atoms with Crippen molar-refractivity contribution in [3.05, 3.63) is 53.3 Å². The number of nitrogens with zero attached hydrogens (tertiary/aromatic N) is 2. The second kappa shape index (κ2) is 10.1. The van der Waals surface area contributed by atoms with E-state index >= 15 is 0 Å². The van der Waals surface area contributed by atoms with E-state index in [4.69, 9.17) is 4.74 Å². The van der Waals surface area contributed by atoms with Crippen molar-refractivity contribution in [3.8, 4) is 0 Å². The maximum Gasteiger partial charge on any atom is 0.242 e. The summed E-state index contributed by atoms with van der Waals surface area (Å²) in [6.07, 6.45) is 3.54. The fourth-order valence-electron chi connectivity index (χ4n) is 2.41. The van der Waals surface area contributed by atoms with Crippen LogP contribution in [0.2, 0.25) is 0 Å². The highest BCUT2D eigenvalue weighted by atomic mass is 35.5. The van der Waals surface area contributed by atoms with E-state index in [2.05, 4.69) is 15.7 Å². The van der Waals surface area contributed by atoms with Crippen molar-refractivity contribution < 1.29 is 9.53 Å². The highest BCUT2D eigenvalue weighted by molar-refractivity contribution is 5.85. The topological polar surface area (TPSA) is 68.2 Å². The van der Waals surface area contributed by atoms with Gasteiger partial charge in [-0.1, -0.05) is 24.3 Å². The number of hydrogen-bond donors (Lipinski definition) is 2. The first-order chi connectivity index (χ1) is 11.2. The van der Waals surface area contributed by atoms with Gasteiger partial charge in [0.05, 0.1) is 12.8 Å². The Labute approximate surface area is 149 Å². The lowest BCUT2D eigenvalue weighted by Crippen LogP contribution is -2.35. The molecule has 0 fully saturated rings. The Balaban J connectivity index is 0.00000288. The summed E-state index contributed by atoms with van der Waals surface area (Å²) in [5.41, 5.74) is 3.00. The molecule has 1 aromatic heterocycles. The normalized spacial score (nSPS) is 11.6. The molecule has 7 heteroatoms. The zero-order valence-electron chi connectivity index (χ0n) is 14.3. The molecular formula is C17H25ClN4O2. The Bertz CT molecular complexity index is 645. The van der Waals surface area contributed by atoms with Crippen LogP contribution >= 0.6 is 12.4 Å². The van der Waals surface area contributed by atoms with E-state index in [1.165, 1.54) is 0 Å². The number of ether oxygens (including phenoxy) is 1. The molecule has 0 radical (unpaired) electrons. The number of amides is 1. The number of benzene rings is 1. The fourth-order valence-corrected chi connectivity index (χ4v) is 2.41. The summed E-state index contributed by atoms with van der Waals surface area (Å²) in [4.78, 5) is 12.4. The number of nitrogens with one attached hydrogen (secondary N) is 2. The number of aryl methyl sites for hydroxylation is 1. The van der Waals surface area contributed by atoms with Crippen molar-refractivity contribution in [1.82, 2.24) is 20.4 Å². The second-order valence-corrected chi connectivity index (χ2v) is 5.29. The van der Waals surface area contributed by atoms with Gasteiger partial charge in [-0.05, 0) is 25.1 Å². The van der Waals surface area contributed by atoms with E-state index in [0.29, 0.717) is 19.8 Å². The van der Waals surface area contributed by atoms with E-state index in [1.807, 2.05) is 44.4 Å². The number of hydrogen-bond acceptors (Lipinski definition) is 4. The fraction of sp³-hybridized carbons (Fsp3) is 0.412. The van der Waals surface area contributed by atoms with Gasteiger partial charge in [-0.25, -0.2) is 0 Å². The van der Waals surface area contributed by atoms with Crippen molar-refractivity contribution in [3.63, 3.8) is 0 Å².